The highest BCUT2D eigenvalue weighted by molar-refractivity contribution is 5.87. The Morgan fingerprint density at radius 3 is 2.59 bits per heavy atom. The molecule has 0 bridgehead atoms. The third-order valence-corrected chi connectivity index (χ3v) is 2.10. The van der Waals surface area contributed by atoms with Crippen molar-refractivity contribution in [2.75, 3.05) is 6.61 Å². The van der Waals surface area contributed by atoms with Crippen LogP contribution < -0.4 is 5.56 Å². The number of hydrogen-bond acceptors (Lipinski definition) is 3. The molecule has 1 N–H and O–H groups in total. The molecule has 0 atom stereocenters. The number of nitrogens with zero attached hydrogens (tertiary/aromatic N) is 1. The second-order valence-corrected chi connectivity index (χ2v) is 4.72. The summed E-state index contributed by atoms with van der Waals surface area (Å²) in [5, 5.41) is 8.81. The van der Waals surface area contributed by atoms with Crippen molar-refractivity contribution in [1.82, 2.24) is 4.57 Å². The lowest BCUT2D eigenvalue weighted by atomic mass is 10.2. The number of pyridine rings is 1. The fourth-order valence-corrected chi connectivity index (χ4v) is 1.28. The van der Waals surface area contributed by atoms with Crippen LogP contribution >= 0.6 is 0 Å². The van der Waals surface area contributed by atoms with Crippen LogP contribution in [-0.4, -0.2) is 27.9 Å². The highest BCUT2D eigenvalue weighted by Crippen LogP contribution is 2.06. The number of aromatic nitrogens is 1. The maximum Gasteiger partial charge on any atom is 0.337 e. The van der Waals surface area contributed by atoms with Crippen LogP contribution in [0.5, 0.6) is 0 Å². The third kappa shape index (κ3) is 4.40. The summed E-state index contributed by atoms with van der Waals surface area (Å²) in [6, 6.07) is 2.55. The van der Waals surface area contributed by atoms with Gasteiger partial charge in [0, 0.05) is 18.8 Å². The zero-order valence-electron chi connectivity index (χ0n) is 10.3. The first-order chi connectivity index (χ1) is 7.79. The molecule has 0 fully saturated rings. The lowest BCUT2D eigenvalue weighted by Crippen LogP contribution is -2.26. The molecule has 0 amide bonds. The summed E-state index contributed by atoms with van der Waals surface area (Å²) >= 11 is 0. The molecule has 0 aliphatic rings. The monoisotopic (exact) mass is 239 g/mol. The molecule has 0 aromatic carbocycles. The maximum atomic E-state index is 11.5. The molecule has 0 aliphatic heterocycles. The quantitative estimate of drug-likeness (QED) is 0.861. The van der Waals surface area contributed by atoms with Gasteiger partial charge in [-0.2, -0.15) is 0 Å². The molecule has 1 rings (SSSR count). The van der Waals surface area contributed by atoms with Gasteiger partial charge in [0.15, 0.2) is 0 Å². The molecule has 1 aromatic rings. The minimum Gasteiger partial charge on any atom is -0.478 e. The lowest BCUT2D eigenvalue weighted by molar-refractivity contribution is -0.00718. The molecule has 0 spiro atoms. The topological polar surface area (TPSA) is 68.5 Å². The maximum absolute atomic E-state index is 11.5. The predicted molar refractivity (Wildman–Crippen MR) is 63.4 cm³/mol. The number of hydrogen-bond donors (Lipinski definition) is 1. The molecule has 1 aromatic heterocycles. The Bertz CT molecular complexity index is 456. The smallest absolute Gasteiger partial charge is 0.337 e. The number of aromatic carboxylic acids is 1. The fourth-order valence-electron chi connectivity index (χ4n) is 1.28. The number of carboxylic acids is 1. The fraction of sp³-hybridized carbons (Fsp3) is 0.500. The summed E-state index contributed by atoms with van der Waals surface area (Å²) in [6.07, 6.45) is 1.33. The Balaban J connectivity index is 2.74. The highest BCUT2D eigenvalue weighted by atomic mass is 16.5. The van der Waals surface area contributed by atoms with Gasteiger partial charge in [-0.1, -0.05) is 0 Å². The second kappa shape index (κ2) is 5.14. The SMILES string of the molecule is CC(C)(C)OCCn1cc(C(=O)O)ccc1=O. The van der Waals surface area contributed by atoms with Crippen LogP contribution in [0.25, 0.3) is 0 Å². The molecular weight excluding hydrogens is 222 g/mol. The van der Waals surface area contributed by atoms with Gasteiger partial charge in [0.25, 0.3) is 5.56 Å². The number of carboxylic acid groups (broad SMARTS) is 1. The van der Waals surface area contributed by atoms with Gasteiger partial charge in [0.05, 0.1) is 17.8 Å². The summed E-state index contributed by atoms with van der Waals surface area (Å²) < 4.78 is 6.82. The van der Waals surface area contributed by atoms with E-state index >= 15 is 0 Å². The van der Waals surface area contributed by atoms with E-state index in [0.29, 0.717) is 13.2 Å². The average Bonchev–Trinajstić information content (AvgIpc) is 2.18. The van der Waals surface area contributed by atoms with E-state index in [0.717, 1.165) is 0 Å². The molecule has 5 nitrogen and oxygen atoms in total. The van der Waals surface area contributed by atoms with E-state index in [4.69, 9.17) is 9.84 Å². The molecule has 0 unspecified atom stereocenters. The van der Waals surface area contributed by atoms with Crippen molar-refractivity contribution in [2.45, 2.75) is 32.9 Å². The van der Waals surface area contributed by atoms with Gasteiger partial charge < -0.3 is 14.4 Å². The minimum atomic E-state index is -1.05. The molecule has 0 radical (unpaired) electrons. The van der Waals surface area contributed by atoms with Gasteiger partial charge in [-0.3, -0.25) is 4.79 Å². The van der Waals surface area contributed by atoms with Crippen LogP contribution in [-0.2, 0) is 11.3 Å². The first-order valence-electron chi connectivity index (χ1n) is 5.37. The third-order valence-electron chi connectivity index (χ3n) is 2.10. The van der Waals surface area contributed by atoms with Crippen molar-refractivity contribution in [1.29, 1.82) is 0 Å². The van der Waals surface area contributed by atoms with Crippen molar-refractivity contribution in [2.24, 2.45) is 0 Å². The van der Waals surface area contributed by atoms with Crippen molar-refractivity contribution in [3.05, 3.63) is 34.2 Å². The van der Waals surface area contributed by atoms with Gasteiger partial charge >= 0.3 is 5.97 Å². The Morgan fingerprint density at radius 2 is 2.06 bits per heavy atom. The summed E-state index contributed by atoms with van der Waals surface area (Å²) in [6.45, 7) is 6.47. The van der Waals surface area contributed by atoms with Crippen molar-refractivity contribution >= 4 is 5.97 Å². The molecule has 94 valence electrons. The van der Waals surface area contributed by atoms with Crippen molar-refractivity contribution in [3.63, 3.8) is 0 Å². The molecule has 17 heavy (non-hydrogen) atoms. The molecule has 5 heteroatoms. The predicted octanol–water partition coefficient (Wildman–Crippen LogP) is 1.36. The van der Waals surface area contributed by atoms with Crippen LogP contribution in [0, 0.1) is 0 Å². The number of ether oxygens (including phenoxy) is 1. The number of rotatable bonds is 4. The summed E-state index contributed by atoms with van der Waals surface area (Å²) in [7, 11) is 0. The zero-order chi connectivity index (χ0) is 13.1. The van der Waals surface area contributed by atoms with E-state index in [-0.39, 0.29) is 16.7 Å². The summed E-state index contributed by atoms with van der Waals surface area (Å²) in [5.74, 6) is -1.05. The van der Waals surface area contributed by atoms with Gasteiger partial charge in [-0.15, -0.1) is 0 Å². The van der Waals surface area contributed by atoms with Gasteiger partial charge in [-0.25, -0.2) is 4.79 Å². The van der Waals surface area contributed by atoms with E-state index in [1.165, 1.54) is 22.9 Å². The Labute approximate surface area is 99.6 Å². The normalized spacial score (nSPS) is 11.5. The Kier molecular flexibility index (Phi) is 4.07. The summed E-state index contributed by atoms with van der Waals surface area (Å²) in [4.78, 5) is 22.2. The van der Waals surface area contributed by atoms with Crippen molar-refractivity contribution in [3.8, 4) is 0 Å². The number of carbonyl (C=O) groups is 1. The Hall–Kier alpha value is -1.62. The van der Waals surface area contributed by atoms with Gasteiger partial charge in [-0.05, 0) is 26.8 Å². The summed E-state index contributed by atoms with van der Waals surface area (Å²) in [5.41, 5.74) is -0.401. The molecular formula is C12H17NO4. The first-order valence-corrected chi connectivity index (χ1v) is 5.37. The molecule has 0 saturated carbocycles. The molecule has 0 saturated heterocycles. The largest absolute Gasteiger partial charge is 0.478 e. The van der Waals surface area contributed by atoms with E-state index in [1.54, 1.807) is 0 Å². The van der Waals surface area contributed by atoms with Gasteiger partial charge in [0.1, 0.15) is 0 Å². The minimum absolute atomic E-state index is 0.0976. The van der Waals surface area contributed by atoms with Crippen molar-refractivity contribution < 1.29 is 14.6 Å². The van der Waals surface area contributed by atoms with E-state index in [2.05, 4.69) is 0 Å². The Morgan fingerprint density at radius 1 is 1.41 bits per heavy atom. The molecule has 1 heterocycles. The van der Waals surface area contributed by atoms with Crippen LogP contribution in [0.2, 0.25) is 0 Å². The van der Waals surface area contributed by atoms with Crippen LogP contribution in [0.15, 0.2) is 23.1 Å². The van der Waals surface area contributed by atoms with Crippen LogP contribution in [0.4, 0.5) is 0 Å². The zero-order valence-corrected chi connectivity index (χ0v) is 10.3. The van der Waals surface area contributed by atoms with E-state index in [9.17, 15) is 9.59 Å². The molecule has 0 aliphatic carbocycles. The van der Waals surface area contributed by atoms with Crippen LogP contribution in [0.3, 0.4) is 0 Å². The highest BCUT2D eigenvalue weighted by Gasteiger charge is 2.10. The van der Waals surface area contributed by atoms with Gasteiger partial charge in [0.2, 0.25) is 0 Å². The lowest BCUT2D eigenvalue weighted by Gasteiger charge is -2.19. The second-order valence-electron chi connectivity index (χ2n) is 4.72. The first kappa shape index (κ1) is 13.4. The van der Waals surface area contributed by atoms with E-state index in [1.807, 2.05) is 20.8 Å². The standard InChI is InChI=1S/C12H17NO4/c1-12(2,3)17-7-6-13-8-9(11(15)16)4-5-10(13)14/h4-5,8H,6-7H2,1-3H3,(H,15,16). The van der Waals surface area contributed by atoms with Crippen LogP contribution in [0.1, 0.15) is 31.1 Å². The average molecular weight is 239 g/mol. The van der Waals surface area contributed by atoms with E-state index < -0.39 is 5.97 Å².